The number of aromatic nitrogens is 1. The summed E-state index contributed by atoms with van der Waals surface area (Å²) in [7, 11) is 3.62. The Morgan fingerprint density at radius 2 is 2.15 bits per heavy atom. The fourth-order valence-electron chi connectivity index (χ4n) is 2.83. The van der Waals surface area contributed by atoms with Gasteiger partial charge in [0.15, 0.2) is 0 Å². The Bertz CT molecular complexity index is 629. The first-order valence-corrected chi connectivity index (χ1v) is 7.80. The number of hydrogen-bond acceptors (Lipinski definition) is 4. The molecule has 0 radical (unpaired) electrons. The Balaban J connectivity index is 2.14. The lowest BCUT2D eigenvalue weighted by Crippen LogP contribution is -2.28. The van der Waals surface area contributed by atoms with E-state index >= 15 is 0 Å². The smallest absolute Gasteiger partial charge is 0.263 e. The fourth-order valence-corrected chi connectivity index (χ4v) is 4.08. The van der Waals surface area contributed by atoms with E-state index in [-0.39, 0.29) is 5.91 Å². The summed E-state index contributed by atoms with van der Waals surface area (Å²) in [6, 6.07) is 4.06. The molecule has 3 rings (SSSR count). The molecule has 1 aliphatic heterocycles. The minimum absolute atomic E-state index is 0.0986. The monoisotopic (exact) mass is 289 g/mol. The average Bonchev–Trinajstić information content (AvgIpc) is 2.86. The first-order chi connectivity index (χ1) is 9.68. The zero-order valence-electron chi connectivity index (χ0n) is 11.8. The summed E-state index contributed by atoms with van der Waals surface area (Å²) in [6.45, 7) is 2.05. The van der Waals surface area contributed by atoms with Crippen LogP contribution in [0.3, 0.4) is 0 Å². The SMILES string of the molecule is CN(C)C(=O)c1sc2ncccc2c1C1CCNCC1. The number of carbonyl (C=O) groups excluding carboxylic acids is 1. The number of piperidine rings is 1. The van der Waals surface area contributed by atoms with Crippen molar-refractivity contribution in [3.05, 3.63) is 28.8 Å². The van der Waals surface area contributed by atoms with Crippen LogP contribution in [-0.2, 0) is 0 Å². The minimum atomic E-state index is 0.0986. The van der Waals surface area contributed by atoms with E-state index in [0.29, 0.717) is 5.92 Å². The number of fused-ring (bicyclic) bond motifs is 1. The molecule has 1 N–H and O–H groups in total. The van der Waals surface area contributed by atoms with Gasteiger partial charge in [0.1, 0.15) is 4.83 Å². The van der Waals surface area contributed by atoms with Gasteiger partial charge in [-0.3, -0.25) is 4.79 Å². The maximum absolute atomic E-state index is 12.5. The Morgan fingerprint density at radius 1 is 1.40 bits per heavy atom. The van der Waals surface area contributed by atoms with Crippen molar-refractivity contribution in [1.29, 1.82) is 0 Å². The topological polar surface area (TPSA) is 45.2 Å². The Hall–Kier alpha value is -1.46. The van der Waals surface area contributed by atoms with Gasteiger partial charge in [-0.05, 0) is 43.5 Å². The summed E-state index contributed by atoms with van der Waals surface area (Å²) in [5.41, 5.74) is 1.22. The van der Waals surface area contributed by atoms with Crippen LogP contribution in [0.1, 0.15) is 34.0 Å². The van der Waals surface area contributed by atoms with E-state index in [0.717, 1.165) is 41.0 Å². The second-order valence-electron chi connectivity index (χ2n) is 5.42. The number of carbonyl (C=O) groups is 1. The van der Waals surface area contributed by atoms with Crippen LogP contribution in [0.2, 0.25) is 0 Å². The number of thiophene rings is 1. The normalized spacial score (nSPS) is 16.5. The van der Waals surface area contributed by atoms with Crippen LogP contribution in [-0.4, -0.2) is 43.0 Å². The molecule has 0 bridgehead atoms. The first-order valence-electron chi connectivity index (χ1n) is 6.98. The summed E-state index contributed by atoms with van der Waals surface area (Å²) in [5, 5.41) is 4.55. The number of nitrogens with one attached hydrogen (secondary N) is 1. The van der Waals surface area contributed by atoms with Crippen LogP contribution in [0.15, 0.2) is 18.3 Å². The highest BCUT2D eigenvalue weighted by Crippen LogP contribution is 2.39. The third-order valence-corrected chi connectivity index (χ3v) is 4.97. The number of amides is 1. The van der Waals surface area contributed by atoms with Crippen LogP contribution in [0.5, 0.6) is 0 Å². The molecule has 5 heteroatoms. The molecule has 1 saturated heterocycles. The summed E-state index contributed by atoms with van der Waals surface area (Å²) >= 11 is 1.53. The molecule has 0 spiro atoms. The molecule has 106 valence electrons. The van der Waals surface area contributed by atoms with E-state index in [1.165, 1.54) is 16.9 Å². The summed E-state index contributed by atoms with van der Waals surface area (Å²) < 4.78 is 0. The van der Waals surface area contributed by atoms with Crippen molar-refractivity contribution in [3.63, 3.8) is 0 Å². The number of hydrogen-bond donors (Lipinski definition) is 1. The average molecular weight is 289 g/mol. The molecule has 0 aromatic carbocycles. The second-order valence-corrected chi connectivity index (χ2v) is 6.42. The predicted octanol–water partition coefficient (Wildman–Crippen LogP) is 2.47. The zero-order valence-corrected chi connectivity index (χ0v) is 12.7. The maximum Gasteiger partial charge on any atom is 0.263 e. The molecule has 1 aliphatic rings. The number of nitrogens with zero attached hydrogens (tertiary/aromatic N) is 2. The van der Waals surface area contributed by atoms with Crippen LogP contribution < -0.4 is 5.32 Å². The van der Waals surface area contributed by atoms with Gasteiger partial charge in [-0.25, -0.2) is 4.98 Å². The maximum atomic E-state index is 12.5. The van der Waals surface area contributed by atoms with Gasteiger partial charge in [0.25, 0.3) is 5.91 Å². The molecule has 3 heterocycles. The standard InChI is InChI=1S/C15H19N3OS/c1-18(2)15(19)13-12(10-5-8-16-9-6-10)11-4-3-7-17-14(11)20-13/h3-4,7,10,16H,5-6,8-9H2,1-2H3. The van der Waals surface area contributed by atoms with Crippen molar-refractivity contribution >= 4 is 27.5 Å². The minimum Gasteiger partial charge on any atom is -0.344 e. The van der Waals surface area contributed by atoms with Crippen molar-refractivity contribution in [3.8, 4) is 0 Å². The van der Waals surface area contributed by atoms with Crippen molar-refractivity contribution in [1.82, 2.24) is 15.2 Å². The second kappa shape index (κ2) is 5.50. The lowest BCUT2D eigenvalue weighted by molar-refractivity contribution is 0.0830. The molecule has 1 amide bonds. The Morgan fingerprint density at radius 3 is 2.85 bits per heavy atom. The van der Waals surface area contributed by atoms with Gasteiger partial charge < -0.3 is 10.2 Å². The van der Waals surface area contributed by atoms with Gasteiger partial charge in [0.2, 0.25) is 0 Å². The summed E-state index contributed by atoms with van der Waals surface area (Å²) in [6.07, 6.45) is 3.98. The van der Waals surface area contributed by atoms with Crippen molar-refractivity contribution in [2.75, 3.05) is 27.2 Å². The summed E-state index contributed by atoms with van der Waals surface area (Å²) in [4.78, 5) is 20.4. The Labute approximate surface area is 122 Å². The van der Waals surface area contributed by atoms with Gasteiger partial charge in [0.05, 0.1) is 4.88 Å². The van der Waals surface area contributed by atoms with Crippen molar-refractivity contribution in [2.24, 2.45) is 0 Å². The third-order valence-electron chi connectivity index (χ3n) is 3.85. The van der Waals surface area contributed by atoms with Crippen LogP contribution in [0.4, 0.5) is 0 Å². The van der Waals surface area contributed by atoms with E-state index in [1.54, 1.807) is 11.1 Å². The highest BCUT2D eigenvalue weighted by atomic mass is 32.1. The van der Waals surface area contributed by atoms with E-state index in [4.69, 9.17) is 0 Å². The van der Waals surface area contributed by atoms with E-state index in [2.05, 4.69) is 16.4 Å². The molecule has 1 fully saturated rings. The molecule has 0 atom stereocenters. The molecule has 0 aliphatic carbocycles. The predicted molar refractivity (Wildman–Crippen MR) is 82.5 cm³/mol. The molecule has 2 aromatic heterocycles. The van der Waals surface area contributed by atoms with Gasteiger partial charge in [-0.1, -0.05) is 6.07 Å². The molecular weight excluding hydrogens is 270 g/mol. The molecule has 20 heavy (non-hydrogen) atoms. The highest BCUT2D eigenvalue weighted by molar-refractivity contribution is 7.20. The van der Waals surface area contributed by atoms with Crippen molar-refractivity contribution in [2.45, 2.75) is 18.8 Å². The first kappa shape index (κ1) is 13.5. The van der Waals surface area contributed by atoms with Gasteiger partial charge in [-0.15, -0.1) is 11.3 Å². The molecular formula is C15H19N3OS. The van der Waals surface area contributed by atoms with Gasteiger partial charge >= 0.3 is 0 Å². The van der Waals surface area contributed by atoms with E-state index < -0.39 is 0 Å². The van der Waals surface area contributed by atoms with Gasteiger partial charge in [0, 0.05) is 25.7 Å². The number of rotatable bonds is 2. The van der Waals surface area contributed by atoms with Crippen molar-refractivity contribution < 1.29 is 4.79 Å². The van der Waals surface area contributed by atoms with E-state index in [9.17, 15) is 4.79 Å². The quantitative estimate of drug-likeness (QED) is 0.923. The largest absolute Gasteiger partial charge is 0.344 e. The highest BCUT2D eigenvalue weighted by Gasteiger charge is 2.27. The Kier molecular flexibility index (Phi) is 3.72. The molecule has 0 saturated carbocycles. The lowest BCUT2D eigenvalue weighted by atomic mass is 9.88. The third kappa shape index (κ3) is 2.31. The van der Waals surface area contributed by atoms with E-state index in [1.807, 2.05) is 20.2 Å². The van der Waals surface area contributed by atoms with Crippen LogP contribution >= 0.6 is 11.3 Å². The lowest BCUT2D eigenvalue weighted by Gasteiger charge is -2.24. The van der Waals surface area contributed by atoms with Crippen LogP contribution in [0, 0.1) is 0 Å². The van der Waals surface area contributed by atoms with Crippen LogP contribution in [0.25, 0.3) is 10.2 Å². The summed E-state index contributed by atoms with van der Waals surface area (Å²) in [5.74, 6) is 0.564. The molecule has 2 aromatic rings. The molecule has 0 unspecified atom stereocenters. The number of pyridine rings is 1. The molecule has 4 nitrogen and oxygen atoms in total. The fraction of sp³-hybridized carbons (Fsp3) is 0.467. The zero-order chi connectivity index (χ0) is 14.1. The van der Waals surface area contributed by atoms with Gasteiger partial charge in [-0.2, -0.15) is 0 Å².